The number of nitrogens with zero attached hydrogens (tertiary/aromatic N) is 3. The van der Waals surface area contributed by atoms with Crippen molar-refractivity contribution in [1.29, 1.82) is 0 Å². The van der Waals surface area contributed by atoms with Crippen molar-refractivity contribution in [2.75, 3.05) is 19.6 Å². The number of thiazole rings is 1. The highest BCUT2D eigenvalue weighted by Gasteiger charge is 2.47. The highest BCUT2D eigenvalue weighted by Crippen LogP contribution is 2.36. The number of hydrogen-bond donors (Lipinski definition) is 0. The normalized spacial score (nSPS) is 24.3. The van der Waals surface area contributed by atoms with E-state index in [1.807, 2.05) is 35.3 Å². The lowest BCUT2D eigenvalue weighted by Crippen LogP contribution is -2.40. The highest BCUT2D eigenvalue weighted by atomic mass is 35.5. The molecular weight excluding hydrogens is 434 g/mol. The summed E-state index contributed by atoms with van der Waals surface area (Å²) in [7, 11) is 0. The summed E-state index contributed by atoms with van der Waals surface area (Å²) in [6.45, 7) is 1.55. The van der Waals surface area contributed by atoms with E-state index in [0.29, 0.717) is 36.9 Å². The van der Waals surface area contributed by atoms with Crippen LogP contribution in [0.3, 0.4) is 0 Å². The zero-order valence-electron chi connectivity index (χ0n) is 17.1. The van der Waals surface area contributed by atoms with Gasteiger partial charge in [0.05, 0.1) is 27.1 Å². The Morgan fingerprint density at radius 3 is 2.45 bits per heavy atom. The molecule has 6 nitrogen and oxygen atoms in total. The number of fused-ring (bicyclic) bond motifs is 2. The van der Waals surface area contributed by atoms with Crippen LogP contribution < -0.4 is 0 Å². The second-order valence-electron chi connectivity index (χ2n) is 8.55. The number of amides is 3. The number of carbonyl (C=O) groups excluding carboxylic acids is 3. The van der Waals surface area contributed by atoms with Gasteiger partial charge in [0.25, 0.3) is 0 Å². The second-order valence-corrected chi connectivity index (χ2v) is 10.1. The lowest BCUT2D eigenvalue weighted by atomic mass is 9.85. The molecule has 2 saturated heterocycles. The molecule has 0 radical (unpaired) electrons. The van der Waals surface area contributed by atoms with Gasteiger partial charge in [-0.05, 0) is 43.9 Å². The van der Waals surface area contributed by atoms with Crippen molar-refractivity contribution in [3.05, 3.63) is 40.4 Å². The van der Waals surface area contributed by atoms with Crippen LogP contribution in [0.4, 0.5) is 0 Å². The quantitative estimate of drug-likeness (QED) is 0.514. The molecular formula is C23H24ClN3O3S. The summed E-state index contributed by atoms with van der Waals surface area (Å²) in [4.78, 5) is 45.8. The van der Waals surface area contributed by atoms with Crippen molar-refractivity contribution < 1.29 is 14.4 Å². The average molecular weight is 458 g/mol. The Balaban J connectivity index is 1.15. The van der Waals surface area contributed by atoms with E-state index in [1.165, 1.54) is 4.90 Å². The van der Waals surface area contributed by atoms with E-state index in [4.69, 9.17) is 16.6 Å². The van der Waals surface area contributed by atoms with Gasteiger partial charge < -0.3 is 4.90 Å². The zero-order valence-corrected chi connectivity index (χ0v) is 18.7. The molecule has 0 bridgehead atoms. The number of benzene rings is 1. The van der Waals surface area contributed by atoms with Gasteiger partial charge in [-0.2, -0.15) is 0 Å². The maximum Gasteiger partial charge on any atom is 0.233 e. The summed E-state index contributed by atoms with van der Waals surface area (Å²) in [6, 6.07) is 5.78. The molecule has 162 valence electrons. The van der Waals surface area contributed by atoms with Crippen LogP contribution >= 0.6 is 22.9 Å². The molecule has 2 fully saturated rings. The molecule has 0 spiro atoms. The number of imide groups is 1. The summed E-state index contributed by atoms with van der Waals surface area (Å²) in [5, 5.41) is 1.80. The number of likely N-dealkylation sites (tertiary alicyclic amines) is 2. The first-order valence-corrected chi connectivity index (χ1v) is 12.0. The molecule has 1 aliphatic carbocycles. The van der Waals surface area contributed by atoms with Gasteiger partial charge in [-0.25, -0.2) is 4.98 Å². The molecule has 2 atom stereocenters. The summed E-state index contributed by atoms with van der Waals surface area (Å²) in [6.07, 6.45) is 7.16. The first-order valence-electron chi connectivity index (χ1n) is 10.9. The average Bonchev–Trinajstić information content (AvgIpc) is 3.31. The predicted molar refractivity (Wildman–Crippen MR) is 120 cm³/mol. The van der Waals surface area contributed by atoms with E-state index >= 15 is 0 Å². The monoisotopic (exact) mass is 457 g/mol. The molecule has 0 saturated carbocycles. The van der Waals surface area contributed by atoms with E-state index in [1.54, 1.807) is 11.3 Å². The Labute approximate surface area is 189 Å². The number of carbonyl (C=O) groups is 3. The topological polar surface area (TPSA) is 70.6 Å². The van der Waals surface area contributed by atoms with Crippen molar-refractivity contribution in [2.45, 2.75) is 38.0 Å². The number of hydrogen-bond acceptors (Lipinski definition) is 5. The lowest BCUT2D eigenvalue weighted by Gasteiger charge is -2.31. The van der Waals surface area contributed by atoms with Crippen LogP contribution in [-0.2, 0) is 14.4 Å². The molecule has 1 aromatic carbocycles. The van der Waals surface area contributed by atoms with Crippen molar-refractivity contribution >= 4 is 50.9 Å². The molecule has 2 aromatic rings. The number of aromatic nitrogens is 1. The summed E-state index contributed by atoms with van der Waals surface area (Å²) >= 11 is 7.77. The fourth-order valence-electron chi connectivity index (χ4n) is 4.92. The van der Waals surface area contributed by atoms with Gasteiger partial charge in [0, 0.05) is 37.0 Å². The number of allylic oxidation sites excluding steroid dienone is 2. The van der Waals surface area contributed by atoms with Gasteiger partial charge in [0.1, 0.15) is 0 Å². The van der Waals surface area contributed by atoms with Crippen molar-refractivity contribution in [2.24, 2.45) is 11.8 Å². The van der Waals surface area contributed by atoms with E-state index < -0.39 is 0 Å². The Kier molecular flexibility index (Phi) is 5.56. The molecule has 1 aromatic heterocycles. The fourth-order valence-corrected chi connectivity index (χ4v) is 6.21. The number of halogens is 1. The highest BCUT2D eigenvalue weighted by molar-refractivity contribution is 7.18. The van der Waals surface area contributed by atoms with Crippen LogP contribution in [0.5, 0.6) is 0 Å². The van der Waals surface area contributed by atoms with Crippen molar-refractivity contribution in [1.82, 2.24) is 14.8 Å². The third kappa shape index (κ3) is 3.89. The van der Waals surface area contributed by atoms with Crippen LogP contribution in [0, 0.1) is 11.8 Å². The first kappa shape index (κ1) is 20.6. The smallest absolute Gasteiger partial charge is 0.233 e. The molecule has 0 N–H and O–H groups in total. The third-order valence-electron chi connectivity index (χ3n) is 6.71. The second kappa shape index (κ2) is 8.36. The summed E-state index contributed by atoms with van der Waals surface area (Å²) in [5.41, 5.74) is 0.932. The Bertz CT molecular complexity index is 1050. The van der Waals surface area contributed by atoms with E-state index in [-0.39, 0.29) is 42.5 Å². The Morgan fingerprint density at radius 1 is 1.10 bits per heavy atom. The van der Waals surface area contributed by atoms with Gasteiger partial charge in [0.2, 0.25) is 17.7 Å². The lowest BCUT2D eigenvalue weighted by molar-refractivity contribution is -0.141. The van der Waals surface area contributed by atoms with Gasteiger partial charge >= 0.3 is 0 Å². The molecule has 3 amide bonds. The maximum absolute atomic E-state index is 12.7. The zero-order chi connectivity index (χ0) is 21.5. The van der Waals surface area contributed by atoms with Gasteiger partial charge in [0.15, 0.2) is 0 Å². The van der Waals surface area contributed by atoms with Crippen LogP contribution in [0.2, 0.25) is 5.02 Å². The largest absolute Gasteiger partial charge is 0.343 e. The van der Waals surface area contributed by atoms with E-state index in [2.05, 4.69) is 0 Å². The van der Waals surface area contributed by atoms with Gasteiger partial charge in [-0.3, -0.25) is 19.3 Å². The molecule has 5 rings (SSSR count). The number of rotatable bonds is 4. The van der Waals surface area contributed by atoms with E-state index in [0.717, 1.165) is 28.1 Å². The Morgan fingerprint density at radius 2 is 1.77 bits per heavy atom. The SMILES string of the molecule is O=C(CCN1C(=O)[C@H]2CC=CC[C@@H]2C1=O)N1CCC(c2nc3cc(Cl)ccc3s2)CC1. The minimum Gasteiger partial charge on any atom is -0.343 e. The minimum absolute atomic E-state index is 0.0168. The molecule has 8 heteroatoms. The first-order chi connectivity index (χ1) is 15.0. The summed E-state index contributed by atoms with van der Waals surface area (Å²) < 4.78 is 1.13. The number of piperidine rings is 1. The molecule has 0 unspecified atom stereocenters. The molecule has 3 heterocycles. The van der Waals surface area contributed by atoms with Crippen LogP contribution in [0.15, 0.2) is 30.4 Å². The van der Waals surface area contributed by atoms with Crippen molar-refractivity contribution in [3.63, 3.8) is 0 Å². The third-order valence-corrected chi connectivity index (χ3v) is 8.15. The standard InChI is InChI=1S/C23H24ClN3O3S/c24-15-5-6-19-18(13-15)25-21(31-19)14-7-10-26(11-8-14)20(28)9-12-27-22(29)16-3-1-2-4-17(16)23(27)30/h1-2,5-6,13-14,16-17H,3-4,7-12H2/t16-,17-/m0/s1. The molecule has 3 aliphatic rings. The Hall–Kier alpha value is -2.25. The minimum atomic E-state index is -0.230. The fraction of sp³-hybridized carbons (Fsp3) is 0.478. The van der Waals surface area contributed by atoms with Crippen LogP contribution in [0.1, 0.15) is 43.0 Å². The van der Waals surface area contributed by atoms with Crippen LogP contribution in [0.25, 0.3) is 10.2 Å². The predicted octanol–water partition coefficient (Wildman–Crippen LogP) is 4.00. The van der Waals surface area contributed by atoms with Crippen LogP contribution in [-0.4, -0.2) is 52.1 Å². The summed E-state index contributed by atoms with van der Waals surface area (Å²) in [5.74, 6) is -0.316. The van der Waals surface area contributed by atoms with E-state index in [9.17, 15) is 14.4 Å². The molecule has 2 aliphatic heterocycles. The van der Waals surface area contributed by atoms with Gasteiger partial charge in [-0.1, -0.05) is 23.8 Å². The van der Waals surface area contributed by atoms with Gasteiger partial charge in [-0.15, -0.1) is 11.3 Å². The maximum atomic E-state index is 12.7. The van der Waals surface area contributed by atoms with Crippen molar-refractivity contribution in [3.8, 4) is 0 Å². The molecule has 31 heavy (non-hydrogen) atoms.